The van der Waals surface area contributed by atoms with Crippen molar-refractivity contribution >= 4 is 0 Å². The van der Waals surface area contributed by atoms with Crippen LogP contribution in [0.5, 0.6) is 0 Å². The summed E-state index contributed by atoms with van der Waals surface area (Å²) in [4.78, 5) is 0. The van der Waals surface area contributed by atoms with Gasteiger partial charge in [0, 0.05) is 0 Å². The van der Waals surface area contributed by atoms with Crippen LogP contribution in [0.4, 0.5) is 0 Å². The Balaban J connectivity index is 0.000000172. The van der Waals surface area contributed by atoms with Crippen molar-refractivity contribution < 1.29 is 0 Å². The molecule has 0 nitrogen and oxygen atoms in total. The van der Waals surface area contributed by atoms with Crippen LogP contribution in [0.2, 0.25) is 0 Å². The molecule has 2 aromatic carbocycles. The van der Waals surface area contributed by atoms with Crippen LogP contribution in [0.25, 0.3) is 0 Å². The van der Waals surface area contributed by atoms with E-state index >= 15 is 0 Å². The molecule has 4 rings (SSSR count). The SMILES string of the molecule is Cc1ccc(C2CCC(C)CC2)cc1.Cc1ccc(CCC2CCC(C)CC2)cc1. The lowest BCUT2D eigenvalue weighted by atomic mass is 9.79. The highest BCUT2D eigenvalue weighted by Gasteiger charge is 2.19. The lowest BCUT2D eigenvalue weighted by Crippen LogP contribution is -2.12. The van der Waals surface area contributed by atoms with Crippen molar-refractivity contribution in [2.45, 2.75) is 97.8 Å². The molecule has 2 aromatic rings. The molecule has 2 fully saturated rings. The van der Waals surface area contributed by atoms with E-state index in [4.69, 9.17) is 0 Å². The normalized spacial score (nSPS) is 26.5. The van der Waals surface area contributed by atoms with Crippen molar-refractivity contribution in [2.75, 3.05) is 0 Å². The first-order chi connectivity index (χ1) is 14.5. The molecular formula is C30H44. The Kier molecular flexibility index (Phi) is 9.04. The first kappa shape index (κ1) is 23.1. The largest absolute Gasteiger partial charge is 0.0625 e. The fourth-order valence-electron chi connectivity index (χ4n) is 5.18. The number of benzene rings is 2. The van der Waals surface area contributed by atoms with Crippen LogP contribution >= 0.6 is 0 Å². The predicted octanol–water partition coefficient (Wildman–Crippen LogP) is 9.04. The van der Waals surface area contributed by atoms with E-state index in [9.17, 15) is 0 Å². The predicted molar refractivity (Wildman–Crippen MR) is 132 cm³/mol. The molecule has 2 aliphatic carbocycles. The standard InChI is InChI=1S/C16H24.C14H20/c1-13-3-7-15(8-4-13)11-12-16-9-5-14(2)6-10-16;1-11-3-7-13(8-4-11)14-9-5-12(2)6-10-14/h3-4,7-8,14,16H,5-6,9-12H2,1-2H3;3-4,7-8,12,14H,5-6,9-10H2,1-2H3. The molecule has 0 atom stereocenters. The molecule has 0 N–H and O–H groups in total. The van der Waals surface area contributed by atoms with Crippen LogP contribution in [0.15, 0.2) is 48.5 Å². The monoisotopic (exact) mass is 404 g/mol. The second-order valence-corrected chi connectivity index (χ2v) is 10.5. The molecule has 2 aliphatic rings. The van der Waals surface area contributed by atoms with Gasteiger partial charge in [-0.1, -0.05) is 112 Å². The Morgan fingerprint density at radius 1 is 0.600 bits per heavy atom. The molecule has 0 heteroatoms. The van der Waals surface area contributed by atoms with Gasteiger partial charge < -0.3 is 0 Å². The fourth-order valence-corrected chi connectivity index (χ4v) is 5.18. The van der Waals surface area contributed by atoms with Gasteiger partial charge in [-0.15, -0.1) is 0 Å². The van der Waals surface area contributed by atoms with E-state index in [0.717, 1.165) is 23.7 Å². The summed E-state index contributed by atoms with van der Waals surface area (Å²) in [6.45, 7) is 9.10. The Morgan fingerprint density at radius 3 is 1.60 bits per heavy atom. The van der Waals surface area contributed by atoms with Crippen LogP contribution in [-0.4, -0.2) is 0 Å². The van der Waals surface area contributed by atoms with Crippen molar-refractivity contribution in [1.29, 1.82) is 0 Å². The maximum absolute atomic E-state index is 2.40. The summed E-state index contributed by atoms with van der Waals surface area (Å²) >= 11 is 0. The minimum atomic E-state index is 0.840. The Morgan fingerprint density at radius 2 is 1.07 bits per heavy atom. The van der Waals surface area contributed by atoms with Crippen molar-refractivity contribution in [3.63, 3.8) is 0 Å². The molecule has 30 heavy (non-hydrogen) atoms. The molecular weight excluding hydrogens is 360 g/mol. The quantitative estimate of drug-likeness (QED) is 0.476. The van der Waals surface area contributed by atoms with Gasteiger partial charge in [-0.25, -0.2) is 0 Å². The van der Waals surface area contributed by atoms with E-state index in [1.54, 1.807) is 5.56 Å². The van der Waals surface area contributed by atoms with Crippen LogP contribution in [0, 0.1) is 31.6 Å². The number of hydrogen-bond acceptors (Lipinski definition) is 0. The number of aryl methyl sites for hydroxylation is 3. The van der Waals surface area contributed by atoms with Crippen LogP contribution in [-0.2, 0) is 6.42 Å². The second kappa shape index (κ2) is 11.7. The highest BCUT2D eigenvalue weighted by Crippen LogP contribution is 2.35. The first-order valence-electron chi connectivity index (χ1n) is 12.6. The summed E-state index contributed by atoms with van der Waals surface area (Å²) in [5.41, 5.74) is 5.82. The second-order valence-electron chi connectivity index (χ2n) is 10.5. The Bertz CT molecular complexity index is 708. The Labute approximate surface area is 186 Å². The molecule has 0 heterocycles. The molecule has 0 saturated heterocycles. The van der Waals surface area contributed by atoms with E-state index in [1.165, 1.54) is 80.9 Å². The molecule has 0 aromatic heterocycles. The molecule has 164 valence electrons. The van der Waals surface area contributed by atoms with E-state index < -0.39 is 0 Å². The topological polar surface area (TPSA) is 0 Å². The summed E-state index contributed by atoms with van der Waals surface area (Å²) in [7, 11) is 0. The van der Waals surface area contributed by atoms with E-state index in [1.807, 2.05) is 0 Å². The summed E-state index contributed by atoms with van der Waals surface area (Å²) in [5.74, 6) is 3.77. The summed E-state index contributed by atoms with van der Waals surface area (Å²) in [6, 6.07) is 18.2. The zero-order valence-electron chi connectivity index (χ0n) is 20.0. The van der Waals surface area contributed by atoms with Gasteiger partial charge in [-0.3, -0.25) is 0 Å². The van der Waals surface area contributed by atoms with Gasteiger partial charge in [0.25, 0.3) is 0 Å². The van der Waals surface area contributed by atoms with Gasteiger partial charge >= 0.3 is 0 Å². The zero-order chi connectivity index (χ0) is 21.3. The van der Waals surface area contributed by atoms with Gasteiger partial charge in [0.1, 0.15) is 0 Å². The van der Waals surface area contributed by atoms with Gasteiger partial charge in [0.2, 0.25) is 0 Å². The van der Waals surface area contributed by atoms with E-state index in [-0.39, 0.29) is 0 Å². The first-order valence-corrected chi connectivity index (χ1v) is 12.6. The highest BCUT2D eigenvalue weighted by molar-refractivity contribution is 5.25. The van der Waals surface area contributed by atoms with Crippen molar-refractivity contribution in [3.05, 3.63) is 70.8 Å². The maximum Gasteiger partial charge on any atom is -0.0162 e. The fraction of sp³-hybridized carbons (Fsp3) is 0.600. The van der Waals surface area contributed by atoms with Crippen LogP contribution < -0.4 is 0 Å². The zero-order valence-corrected chi connectivity index (χ0v) is 20.0. The molecule has 0 spiro atoms. The smallest absolute Gasteiger partial charge is 0.0162 e. The summed E-state index contributed by atoms with van der Waals surface area (Å²) < 4.78 is 0. The highest BCUT2D eigenvalue weighted by atomic mass is 14.2. The Hall–Kier alpha value is -1.56. The number of rotatable bonds is 4. The third-order valence-corrected chi connectivity index (χ3v) is 7.66. The minimum absolute atomic E-state index is 0.840. The molecule has 0 radical (unpaired) electrons. The van der Waals surface area contributed by atoms with Crippen LogP contribution in [0.1, 0.15) is 99.8 Å². The van der Waals surface area contributed by atoms with E-state index in [0.29, 0.717) is 0 Å². The number of hydrogen-bond donors (Lipinski definition) is 0. The third-order valence-electron chi connectivity index (χ3n) is 7.66. The average molecular weight is 405 g/mol. The van der Waals surface area contributed by atoms with E-state index in [2.05, 4.69) is 76.2 Å². The van der Waals surface area contributed by atoms with Crippen LogP contribution in [0.3, 0.4) is 0 Å². The molecule has 0 amide bonds. The lowest BCUT2D eigenvalue weighted by Gasteiger charge is -2.26. The molecule has 0 bridgehead atoms. The third kappa shape index (κ3) is 7.60. The van der Waals surface area contributed by atoms with Gasteiger partial charge in [0.05, 0.1) is 0 Å². The van der Waals surface area contributed by atoms with Crippen molar-refractivity contribution in [2.24, 2.45) is 17.8 Å². The van der Waals surface area contributed by atoms with Gasteiger partial charge in [0.15, 0.2) is 0 Å². The summed E-state index contributed by atoms with van der Waals surface area (Å²) in [6.07, 6.45) is 14.1. The molecule has 0 unspecified atom stereocenters. The van der Waals surface area contributed by atoms with Crippen molar-refractivity contribution in [1.82, 2.24) is 0 Å². The average Bonchev–Trinajstić information content (AvgIpc) is 2.76. The molecule has 0 aliphatic heterocycles. The molecule has 2 saturated carbocycles. The minimum Gasteiger partial charge on any atom is -0.0625 e. The maximum atomic E-state index is 2.40. The van der Waals surface area contributed by atoms with Gasteiger partial charge in [-0.05, 0) is 74.3 Å². The van der Waals surface area contributed by atoms with Gasteiger partial charge in [-0.2, -0.15) is 0 Å². The van der Waals surface area contributed by atoms with Crippen molar-refractivity contribution in [3.8, 4) is 0 Å². The lowest BCUT2D eigenvalue weighted by molar-refractivity contribution is 0.278. The summed E-state index contributed by atoms with van der Waals surface area (Å²) in [5, 5.41) is 0.